The number of guanidine groups is 1. The normalized spacial score (nSPS) is 19.3. The van der Waals surface area contributed by atoms with Gasteiger partial charge < -0.3 is 20.1 Å². The van der Waals surface area contributed by atoms with Crippen molar-refractivity contribution in [1.82, 2.24) is 15.1 Å². The SMILES string of the molecule is O=[N+]([O-])c1ccc(CN=C(NCCCN2CCOCC2)N2CCC(O)CC2)cc1. The Hall–Kier alpha value is -2.23. The first-order valence-corrected chi connectivity index (χ1v) is 10.4. The summed E-state index contributed by atoms with van der Waals surface area (Å²) in [7, 11) is 0. The molecule has 0 aromatic heterocycles. The number of ether oxygens (including phenoxy) is 1. The number of nitrogens with zero attached hydrogens (tertiary/aromatic N) is 4. The van der Waals surface area contributed by atoms with E-state index in [0.717, 1.165) is 83.3 Å². The van der Waals surface area contributed by atoms with Crippen LogP contribution < -0.4 is 5.32 Å². The highest BCUT2D eigenvalue weighted by Gasteiger charge is 2.20. The Balaban J connectivity index is 1.54. The van der Waals surface area contributed by atoms with Gasteiger partial charge in [-0.15, -0.1) is 0 Å². The van der Waals surface area contributed by atoms with E-state index in [1.54, 1.807) is 12.1 Å². The number of hydrogen-bond donors (Lipinski definition) is 2. The Bertz CT molecular complexity index is 668. The van der Waals surface area contributed by atoms with Crippen LogP contribution in [0.25, 0.3) is 0 Å². The third-order valence-electron chi connectivity index (χ3n) is 5.36. The first-order chi connectivity index (χ1) is 14.1. The number of likely N-dealkylation sites (tertiary alicyclic amines) is 1. The monoisotopic (exact) mass is 405 g/mol. The predicted molar refractivity (Wildman–Crippen MR) is 111 cm³/mol. The van der Waals surface area contributed by atoms with Gasteiger partial charge in [-0.25, -0.2) is 4.99 Å². The second kappa shape index (κ2) is 11.1. The number of aliphatic hydroxyl groups excluding tert-OH is 1. The maximum Gasteiger partial charge on any atom is 0.269 e. The molecule has 160 valence electrons. The summed E-state index contributed by atoms with van der Waals surface area (Å²) in [5.74, 6) is 0.845. The van der Waals surface area contributed by atoms with Gasteiger partial charge in [-0.3, -0.25) is 15.0 Å². The average Bonchev–Trinajstić information content (AvgIpc) is 2.75. The lowest BCUT2D eigenvalue weighted by Gasteiger charge is -2.33. The summed E-state index contributed by atoms with van der Waals surface area (Å²) in [6, 6.07) is 6.52. The smallest absolute Gasteiger partial charge is 0.269 e. The van der Waals surface area contributed by atoms with Gasteiger partial charge in [-0.2, -0.15) is 0 Å². The van der Waals surface area contributed by atoms with Gasteiger partial charge in [-0.1, -0.05) is 12.1 Å². The van der Waals surface area contributed by atoms with Crippen molar-refractivity contribution in [2.45, 2.75) is 31.9 Å². The molecule has 0 atom stereocenters. The van der Waals surface area contributed by atoms with Crippen molar-refractivity contribution >= 4 is 11.6 Å². The maximum absolute atomic E-state index is 10.8. The standard InChI is InChI=1S/C20H31N5O4/c26-19-6-10-24(11-7-19)20(21-8-1-9-23-12-14-29-15-13-23)22-16-17-2-4-18(5-3-17)25(27)28/h2-5,19,26H,1,6-16H2,(H,21,22). The third kappa shape index (κ3) is 6.95. The summed E-state index contributed by atoms with van der Waals surface area (Å²) < 4.78 is 5.39. The number of aliphatic hydroxyl groups is 1. The minimum Gasteiger partial charge on any atom is -0.393 e. The fraction of sp³-hybridized carbons (Fsp3) is 0.650. The lowest BCUT2D eigenvalue weighted by Crippen LogP contribution is -2.47. The molecule has 2 saturated heterocycles. The molecule has 0 aliphatic carbocycles. The maximum atomic E-state index is 10.8. The minimum absolute atomic E-state index is 0.0872. The number of hydrogen-bond acceptors (Lipinski definition) is 6. The second-order valence-corrected chi connectivity index (χ2v) is 7.52. The molecule has 2 aliphatic rings. The average molecular weight is 405 g/mol. The summed E-state index contributed by atoms with van der Waals surface area (Å²) >= 11 is 0. The molecule has 1 aromatic carbocycles. The quantitative estimate of drug-likeness (QED) is 0.231. The molecule has 0 spiro atoms. The summed E-state index contributed by atoms with van der Waals surface area (Å²) in [5.41, 5.74) is 1.02. The second-order valence-electron chi connectivity index (χ2n) is 7.52. The highest BCUT2D eigenvalue weighted by molar-refractivity contribution is 5.80. The molecule has 2 fully saturated rings. The zero-order chi connectivity index (χ0) is 20.5. The first-order valence-electron chi connectivity index (χ1n) is 10.4. The zero-order valence-electron chi connectivity index (χ0n) is 16.8. The van der Waals surface area contributed by atoms with Crippen molar-refractivity contribution in [2.24, 2.45) is 4.99 Å². The molecular formula is C20H31N5O4. The molecule has 0 radical (unpaired) electrons. The van der Waals surface area contributed by atoms with E-state index in [2.05, 4.69) is 15.1 Å². The van der Waals surface area contributed by atoms with E-state index in [-0.39, 0.29) is 11.8 Å². The number of piperidine rings is 1. The number of benzene rings is 1. The van der Waals surface area contributed by atoms with E-state index in [9.17, 15) is 15.2 Å². The van der Waals surface area contributed by atoms with Crippen molar-refractivity contribution in [3.05, 3.63) is 39.9 Å². The van der Waals surface area contributed by atoms with Crippen LogP contribution in [0.1, 0.15) is 24.8 Å². The van der Waals surface area contributed by atoms with Gasteiger partial charge in [0.1, 0.15) is 0 Å². The van der Waals surface area contributed by atoms with Crippen LogP contribution in [0.3, 0.4) is 0 Å². The van der Waals surface area contributed by atoms with E-state index >= 15 is 0 Å². The fourth-order valence-corrected chi connectivity index (χ4v) is 3.56. The molecule has 0 bridgehead atoms. The van der Waals surface area contributed by atoms with Crippen LogP contribution in [0.2, 0.25) is 0 Å². The summed E-state index contributed by atoms with van der Waals surface area (Å²) in [5, 5.41) is 24.1. The van der Waals surface area contributed by atoms with Crippen LogP contribution in [0.15, 0.2) is 29.3 Å². The number of nitrogens with one attached hydrogen (secondary N) is 1. The van der Waals surface area contributed by atoms with Crippen molar-refractivity contribution in [3.8, 4) is 0 Å². The van der Waals surface area contributed by atoms with E-state index in [1.165, 1.54) is 12.1 Å². The minimum atomic E-state index is -0.395. The van der Waals surface area contributed by atoms with E-state index in [1.807, 2.05) is 0 Å². The predicted octanol–water partition coefficient (Wildman–Crippen LogP) is 1.22. The molecule has 0 amide bonds. The summed E-state index contributed by atoms with van der Waals surface area (Å²) in [6.45, 7) is 7.48. The molecule has 9 nitrogen and oxygen atoms in total. The van der Waals surface area contributed by atoms with Crippen molar-refractivity contribution in [2.75, 3.05) is 52.5 Å². The number of morpholine rings is 1. The van der Waals surface area contributed by atoms with E-state index in [0.29, 0.717) is 6.54 Å². The van der Waals surface area contributed by atoms with Gasteiger partial charge >= 0.3 is 0 Å². The summed E-state index contributed by atoms with van der Waals surface area (Å²) in [6.07, 6.45) is 2.27. The zero-order valence-corrected chi connectivity index (χ0v) is 16.8. The Labute approximate surface area is 171 Å². The highest BCUT2D eigenvalue weighted by Crippen LogP contribution is 2.14. The van der Waals surface area contributed by atoms with Crippen molar-refractivity contribution in [3.63, 3.8) is 0 Å². The molecule has 2 N–H and O–H groups in total. The fourth-order valence-electron chi connectivity index (χ4n) is 3.56. The van der Waals surface area contributed by atoms with E-state index in [4.69, 9.17) is 9.73 Å². The van der Waals surface area contributed by atoms with Gasteiger partial charge in [0, 0.05) is 44.9 Å². The van der Waals surface area contributed by atoms with Crippen LogP contribution in [0, 0.1) is 10.1 Å². The molecule has 1 aromatic rings. The number of nitro benzene ring substituents is 1. The molecule has 2 aliphatic heterocycles. The van der Waals surface area contributed by atoms with Gasteiger partial charge in [0.2, 0.25) is 0 Å². The molecule has 9 heteroatoms. The number of rotatable bonds is 7. The Morgan fingerprint density at radius 1 is 1.21 bits per heavy atom. The number of aliphatic imine (C=N–C) groups is 1. The van der Waals surface area contributed by atoms with E-state index < -0.39 is 4.92 Å². The van der Waals surface area contributed by atoms with Crippen molar-refractivity contribution in [1.29, 1.82) is 0 Å². The lowest BCUT2D eigenvalue weighted by molar-refractivity contribution is -0.384. The topological polar surface area (TPSA) is 103 Å². The Morgan fingerprint density at radius 2 is 1.90 bits per heavy atom. The molecule has 29 heavy (non-hydrogen) atoms. The third-order valence-corrected chi connectivity index (χ3v) is 5.36. The van der Waals surface area contributed by atoms with Gasteiger partial charge in [0.15, 0.2) is 5.96 Å². The molecule has 0 unspecified atom stereocenters. The highest BCUT2D eigenvalue weighted by atomic mass is 16.6. The largest absolute Gasteiger partial charge is 0.393 e. The van der Waals surface area contributed by atoms with Gasteiger partial charge in [-0.05, 0) is 31.4 Å². The van der Waals surface area contributed by atoms with Gasteiger partial charge in [0.25, 0.3) is 5.69 Å². The molecule has 2 heterocycles. The molecule has 3 rings (SSSR count). The number of nitro groups is 1. The Morgan fingerprint density at radius 3 is 2.55 bits per heavy atom. The van der Waals surface area contributed by atoms with Crippen LogP contribution >= 0.6 is 0 Å². The van der Waals surface area contributed by atoms with Crippen LogP contribution in [-0.2, 0) is 11.3 Å². The van der Waals surface area contributed by atoms with Gasteiger partial charge in [0.05, 0.1) is 30.8 Å². The summed E-state index contributed by atoms with van der Waals surface area (Å²) in [4.78, 5) is 19.8. The van der Waals surface area contributed by atoms with Crippen LogP contribution in [-0.4, -0.2) is 84.4 Å². The van der Waals surface area contributed by atoms with Crippen molar-refractivity contribution < 1.29 is 14.8 Å². The first kappa shape index (κ1) is 21.5. The van der Waals surface area contributed by atoms with Crippen LogP contribution in [0.5, 0.6) is 0 Å². The molecular weight excluding hydrogens is 374 g/mol. The number of non-ortho nitro benzene ring substituents is 1. The lowest BCUT2D eigenvalue weighted by atomic mass is 10.1. The Kier molecular flexibility index (Phi) is 8.21. The molecule has 0 saturated carbocycles. The van der Waals surface area contributed by atoms with Crippen LogP contribution in [0.4, 0.5) is 5.69 Å².